The number of anilines is 1. The second-order valence-electron chi connectivity index (χ2n) is 6.44. The van der Waals surface area contributed by atoms with Crippen LogP contribution in [0.25, 0.3) is 0 Å². The van der Waals surface area contributed by atoms with E-state index in [0.717, 1.165) is 11.8 Å². The van der Waals surface area contributed by atoms with Crippen LogP contribution in [0.2, 0.25) is 5.02 Å². The number of ketones is 1. The minimum atomic E-state index is -3.39. The Kier molecular flexibility index (Phi) is 5.62. The maximum absolute atomic E-state index is 12.4. The van der Waals surface area contributed by atoms with Crippen LogP contribution < -0.4 is 4.31 Å². The van der Waals surface area contributed by atoms with Gasteiger partial charge in [0.1, 0.15) is 11.3 Å². The highest BCUT2D eigenvalue weighted by atomic mass is 35.5. The van der Waals surface area contributed by atoms with Crippen molar-refractivity contribution in [1.29, 1.82) is 0 Å². The van der Waals surface area contributed by atoms with Crippen LogP contribution in [0.1, 0.15) is 32.7 Å². The van der Waals surface area contributed by atoms with Crippen molar-refractivity contribution in [1.82, 2.24) is 0 Å². The van der Waals surface area contributed by atoms with Crippen molar-refractivity contribution >= 4 is 39.1 Å². The Balaban J connectivity index is 1.73. The summed E-state index contributed by atoms with van der Waals surface area (Å²) in [6, 6.07) is 8.66. The molecule has 2 aromatic rings. The fourth-order valence-corrected chi connectivity index (χ4v) is 4.21. The predicted molar refractivity (Wildman–Crippen MR) is 105 cm³/mol. The van der Waals surface area contributed by atoms with Crippen molar-refractivity contribution < 1.29 is 27.9 Å². The van der Waals surface area contributed by atoms with Gasteiger partial charge in [0.15, 0.2) is 12.4 Å². The first-order valence-electron chi connectivity index (χ1n) is 8.46. The summed E-state index contributed by atoms with van der Waals surface area (Å²) in [5.74, 6) is -1.60. The molecule has 0 radical (unpaired) electrons. The lowest BCUT2D eigenvalue weighted by atomic mass is 9.99. The molecule has 0 amide bonds. The maximum atomic E-state index is 12.4. The molecule has 1 N–H and O–H groups in total. The third-order valence-electron chi connectivity index (χ3n) is 4.39. The van der Waals surface area contributed by atoms with Crippen molar-refractivity contribution in [3.63, 3.8) is 0 Å². The van der Waals surface area contributed by atoms with Gasteiger partial charge in [-0.2, -0.15) is 0 Å². The van der Waals surface area contributed by atoms with Crippen molar-refractivity contribution in [2.75, 3.05) is 23.7 Å². The van der Waals surface area contributed by atoms with Crippen molar-refractivity contribution in [3.05, 3.63) is 58.1 Å². The van der Waals surface area contributed by atoms with E-state index in [-0.39, 0.29) is 16.3 Å². The number of esters is 1. The fraction of sp³-hybridized carbons (Fsp3) is 0.263. The van der Waals surface area contributed by atoms with Crippen molar-refractivity contribution in [2.24, 2.45) is 0 Å². The summed E-state index contributed by atoms with van der Waals surface area (Å²) in [6.45, 7) is -0.112. The van der Waals surface area contributed by atoms with Crippen LogP contribution in [-0.4, -0.2) is 44.7 Å². The van der Waals surface area contributed by atoms with Crippen LogP contribution in [-0.2, 0) is 21.2 Å². The Morgan fingerprint density at radius 3 is 2.68 bits per heavy atom. The number of sulfonamides is 1. The molecule has 3 rings (SSSR count). The number of hydrogen-bond acceptors (Lipinski definition) is 6. The summed E-state index contributed by atoms with van der Waals surface area (Å²) in [5, 5.41) is 9.96. The number of aromatic hydroxyl groups is 1. The zero-order chi connectivity index (χ0) is 20.5. The maximum Gasteiger partial charge on any atom is 0.342 e. The van der Waals surface area contributed by atoms with E-state index in [2.05, 4.69) is 0 Å². The van der Waals surface area contributed by atoms with E-state index < -0.39 is 28.4 Å². The van der Waals surface area contributed by atoms with E-state index >= 15 is 0 Å². The van der Waals surface area contributed by atoms with Crippen LogP contribution in [0.3, 0.4) is 0 Å². The van der Waals surface area contributed by atoms with Gasteiger partial charge in [0, 0.05) is 17.1 Å². The molecular weight excluding hydrogens is 406 g/mol. The zero-order valence-corrected chi connectivity index (χ0v) is 16.6. The summed E-state index contributed by atoms with van der Waals surface area (Å²) < 4.78 is 30.1. The second-order valence-corrected chi connectivity index (χ2v) is 8.79. The lowest BCUT2D eigenvalue weighted by Crippen LogP contribution is -2.34. The molecule has 1 heterocycles. The third kappa shape index (κ3) is 4.28. The summed E-state index contributed by atoms with van der Waals surface area (Å²) in [4.78, 5) is 24.5. The van der Waals surface area contributed by atoms with Gasteiger partial charge in [-0.3, -0.25) is 9.10 Å². The average Bonchev–Trinajstić information content (AvgIpc) is 2.66. The number of phenols is 1. The monoisotopic (exact) mass is 423 g/mol. The fourth-order valence-electron chi connectivity index (χ4n) is 3.04. The molecular formula is C19H18ClNO6S. The van der Waals surface area contributed by atoms with Gasteiger partial charge in [0.05, 0.1) is 11.9 Å². The normalized spacial score (nSPS) is 13.7. The number of fused-ring (bicyclic) bond motifs is 1. The molecule has 0 atom stereocenters. The number of carbonyl (C=O) groups is 2. The van der Waals surface area contributed by atoms with Gasteiger partial charge in [0.25, 0.3) is 0 Å². The molecule has 9 heteroatoms. The molecule has 1 aliphatic rings. The Bertz CT molecular complexity index is 1050. The SMILES string of the molecule is CS(=O)(=O)N1CCCc2cc(C(=O)COC(=O)c3cc(Cl)ccc3O)ccc21. The smallest absolute Gasteiger partial charge is 0.342 e. The van der Waals surface area contributed by atoms with Gasteiger partial charge < -0.3 is 9.84 Å². The van der Waals surface area contributed by atoms with Gasteiger partial charge in [-0.25, -0.2) is 13.2 Å². The van der Waals surface area contributed by atoms with Crippen LogP contribution in [0.15, 0.2) is 36.4 Å². The number of benzene rings is 2. The number of carbonyl (C=O) groups excluding carboxylic acids is 2. The quantitative estimate of drug-likeness (QED) is 0.586. The number of halogens is 1. The predicted octanol–water partition coefficient (Wildman–Crippen LogP) is 2.80. The highest BCUT2D eigenvalue weighted by molar-refractivity contribution is 7.92. The third-order valence-corrected chi connectivity index (χ3v) is 5.81. The number of aryl methyl sites for hydroxylation is 1. The van der Waals surface area contributed by atoms with Gasteiger partial charge in [-0.05, 0) is 54.8 Å². The van der Waals surface area contributed by atoms with Crippen LogP contribution in [0.5, 0.6) is 5.75 Å². The minimum Gasteiger partial charge on any atom is -0.507 e. The van der Waals surface area contributed by atoms with Gasteiger partial charge in [0.2, 0.25) is 10.0 Å². The summed E-state index contributed by atoms with van der Waals surface area (Å²) in [7, 11) is -3.39. The van der Waals surface area contributed by atoms with Crippen LogP contribution in [0, 0.1) is 0 Å². The second kappa shape index (κ2) is 7.81. The Hall–Kier alpha value is -2.58. The molecule has 0 spiro atoms. The first-order valence-corrected chi connectivity index (χ1v) is 10.7. The molecule has 0 bridgehead atoms. The number of phenolic OH excluding ortho intramolecular Hbond substituents is 1. The Morgan fingerprint density at radius 1 is 1.21 bits per heavy atom. The van der Waals surface area contributed by atoms with Gasteiger partial charge >= 0.3 is 5.97 Å². The molecule has 28 heavy (non-hydrogen) atoms. The first-order chi connectivity index (χ1) is 13.2. The van der Waals surface area contributed by atoms with Crippen molar-refractivity contribution in [2.45, 2.75) is 12.8 Å². The lowest BCUT2D eigenvalue weighted by molar-refractivity contribution is 0.0472. The number of hydrogen-bond donors (Lipinski definition) is 1. The van der Waals surface area contributed by atoms with E-state index in [4.69, 9.17) is 16.3 Å². The summed E-state index contributed by atoms with van der Waals surface area (Å²) >= 11 is 5.80. The molecule has 0 aromatic heterocycles. The lowest BCUT2D eigenvalue weighted by Gasteiger charge is -2.29. The van der Waals surface area contributed by atoms with E-state index in [0.29, 0.717) is 30.6 Å². The van der Waals surface area contributed by atoms with E-state index in [1.54, 1.807) is 12.1 Å². The van der Waals surface area contributed by atoms with E-state index in [9.17, 15) is 23.1 Å². The summed E-state index contributed by atoms with van der Waals surface area (Å²) in [6.07, 6.45) is 2.45. The molecule has 0 aliphatic carbocycles. The molecule has 0 saturated carbocycles. The first kappa shape index (κ1) is 20.2. The van der Waals surface area contributed by atoms with Crippen LogP contribution >= 0.6 is 11.6 Å². The minimum absolute atomic E-state index is 0.130. The molecule has 7 nitrogen and oxygen atoms in total. The number of ether oxygens (including phenoxy) is 1. The number of Topliss-reactive ketones (excluding diaryl/α,β-unsaturated/α-hetero) is 1. The Morgan fingerprint density at radius 2 is 1.96 bits per heavy atom. The summed E-state index contributed by atoms with van der Waals surface area (Å²) in [5.41, 5.74) is 1.50. The molecule has 0 saturated heterocycles. The highest BCUT2D eigenvalue weighted by Gasteiger charge is 2.25. The average molecular weight is 424 g/mol. The molecule has 1 aliphatic heterocycles. The standard InChI is InChI=1S/C19H18ClNO6S/c1-28(25,26)21-8-2-3-12-9-13(4-6-16(12)21)18(23)11-27-19(24)15-10-14(20)5-7-17(15)22/h4-7,9-10,22H,2-3,8,11H2,1H3. The van der Waals surface area contributed by atoms with E-state index in [1.165, 1.54) is 28.6 Å². The molecule has 0 fully saturated rings. The Labute approximate surface area is 167 Å². The highest BCUT2D eigenvalue weighted by Crippen LogP contribution is 2.30. The molecule has 148 valence electrons. The number of rotatable bonds is 5. The van der Waals surface area contributed by atoms with Crippen molar-refractivity contribution in [3.8, 4) is 5.75 Å². The topological polar surface area (TPSA) is 101 Å². The van der Waals surface area contributed by atoms with Gasteiger partial charge in [-0.15, -0.1) is 0 Å². The largest absolute Gasteiger partial charge is 0.507 e. The zero-order valence-electron chi connectivity index (χ0n) is 15.0. The number of nitrogens with zero attached hydrogens (tertiary/aromatic N) is 1. The van der Waals surface area contributed by atoms with Crippen LogP contribution in [0.4, 0.5) is 5.69 Å². The molecule has 2 aromatic carbocycles. The molecule has 0 unspecified atom stereocenters. The van der Waals surface area contributed by atoms with E-state index in [1.807, 2.05) is 0 Å². The van der Waals surface area contributed by atoms with Gasteiger partial charge in [-0.1, -0.05) is 11.6 Å².